The molecule has 0 amide bonds. The minimum atomic E-state index is -0.154. The molecule has 0 bridgehead atoms. The van der Waals surface area contributed by atoms with E-state index in [1.807, 2.05) is 30.5 Å². The molecule has 0 heterocycles. The number of para-hydroxylation sites is 1. The minimum Gasteiger partial charge on any atom is -0.507 e. The van der Waals surface area contributed by atoms with Crippen molar-refractivity contribution in [2.75, 3.05) is 0 Å². The van der Waals surface area contributed by atoms with Gasteiger partial charge in [-0.05, 0) is 46.1 Å². The third kappa shape index (κ3) is 5.18. The molecule has 0 aliphatic carbocycles. The van der Waals surface area contributed by atoms with Crippen LogP contribution in [0.15, 0.2) is 71.7 Å². The van der Waals surface area contributed by atoms with Gasteiger partial charge in [0.25, 0.3) is 0 Å². The van der Waals surface area contributed by atoms with Gasteiger partial charge in [0.2, 0.25) is 0 Å². The van der Waals surface area contributed by atoms with E-state index in [0.717, 1.165) is 23.2 Å². The molecule has 2 nitrogen and oxygen atoms in total. The molecule has 1 N–H and O–H groups in total. The zero-order valence-corrected chi connectivity index (χ0v) is 19.0. The first-order chi connectivity index (χ1) is 14.1. The fraction of sp³-hybridized carbons (Fsp3) is 0.321. The Bertz CT molecular complexity index is 1030. The van der Waals surface area contributed by atoms with E-state index >= 15 is 0 Å². The van der Waals surface area contributed by atoms with E-state index in [0.29, 0.717) is 5.75 Å². The highest BCUT2D eigenvalue weighted by Gasteiger charge is 2.24. The van der Waals surface area contributed by atoms with Crippen molar-refractivity contribution in [2.45, 2.75) is 58.8 Å². The largest absolute Gasteiger partial charge is 0.507 e. The summed E-state index contributed by atoms with van der Waals surface area (Å²) in [4.78, 5) is 4.79. The van der Waals surface area contributed by atoms with Crippen LogP contribution in [-0.4, -0.2) is 11.3 Å². The van der Waals surface area contributed by atoms with Crippen LogP contribution >= 0.6 is 0 Å². The number of phenols is 1. The highest BCUT2D eigenvalue weighted by molar-refractivity contribution is 5.87. The highest BCUT2D eigenvalue weighted by Crippen LogP contribution is 2.37. The Labute approximate surface area is 181 Å². The molecule has 30 heavy (non-hydrogen) atoms. The molecule has 2 heteroatoms. The Morgan fingerprint density at radius 1 is 0.800 bits per heavy atom. The average molecular weight is 400 g/mol. The maximum absolute atomic E-state index is 11.0. The van der Waals surface area contributed by atoms with Crippen LogP contribution in [0.3, 0.4) is 0 Å². The van der Waals surface area contributed by atoms with Crippen molar-refractivity contribution in [2.24, 2.45) is 4.99 Å². The summed E-state index contributed by atoms with van der Waals surface area (Å²) < 4.78 is 0. The van der Waals surface area contributed by atoms with Crippen LogP contribution in [-0.2, 0) is 17.3 Å². The molecule has 0 saturated heterocycles. The van der Waals surface area contributed by atoms with E-state index in [4.69, 9.17) is 4.99 Å². The fourth-order valence-electron chi connectivity index (χ4n) is 3.50. The molecule has 0 aromatic heterocycles. The van der Waals surface area contributed by atoms with Gasteiger partial charge in [-0.15, -0.1) is 0 Å². The normalized spacial score (nSPS) is 12.5. The molecule has 0 aliphatic heterocycles. The van der Waals surface area contributed by atoms with Gasteiger partial charge in [0, 0.05) is 17.3 Å². The molecule has 0 radical (unpaired) electrons. The van der Waals surface area contributed by atoms with Crippen LogP contribution in [0, 0.1) is 0 Å². The summed E-state index contributed by atoms with van der Waals surface area (Å²) in [5.74, 6) is 0.319. The van der Waals surface area contributed by atoms with Crippen molar-refractivity contribution in [3.05, 3.63) is 94.5 Å². The number of benzene rings is 3. The Hall–Kier alpha value is -2.87. The number of phenolic OH excluding ortho intramolecular Hbond substituents is 1. The van der Waals surface area contributed by atoms with Crippen LogP contribution in [0.1, 0.15) is 69.4 Å². The number of hydrogen-bond donors (Lipinski definition) is 1. The van der Waals surface area contributed by atoms with Crippen LogP contribution in [0.2, 0.25) is 0 Å². The predicted octanol–water partition coefficient (Wildman–Crippen LogP) is 7.33. The molecule has 3 aromatic carbocycles. The topological polar surface area (TPSA) is 32.6 Å². The minimum absolute atomic E-state index is 0.0124. The summed E-state index contributed by atoms with van der Waals surface area (Å²) in [7, 11) is 0. The molecular formula is C28H33NO. The molecule has 0 atom stereocenters. The van der Waals surface area contributed by atoms with Crippen molar-refractivity contribution in [1.29, 1.82) is 0 Å². The van der Waals surface area contributed by atoms with Crippen molar-refractivity contribution in [3.63, 3.8) is 0 Å². The summed E-state index contributed by atoms with van der Waals surface area (Å²) in [6.07, 6.45) is 2.64. The molecule has 0 fully saturated rings. The molecule has 156 valence electrons. The maximum atomic E-state index is 11.0. The summed E-state index contributed by atoms with van der Waals surface area (Å²) in [5, 5.41) is 11.0. The highest BCUT2D eigenvalue weighted by atomic mass is 16.3. The van der Waals surface area contributed by atoms with Crippen LogP contribution in [0.5, 0.6) is 5.75 Å². The van der Waals surface area contributed by atoms with E-state index in [1.165, 1.54) is 16.7 Å². The summed E-state index contributed by atoms with van der Waals surface area (Å²) in [6, 6.07) is 22.8. The lowest BCUT2D eigenvalue weighted by Gasteiger charge is -2.27. The van der Waals surface area contributed by atoms with Gasteiger partial charge in [0.05, 0.1) is 5.69 Å². The molecule has 0 unspecified atom stereocenters. The summed E-state index contributed by atoms with van der Waals surface area (Å²) in [6.45, 7) is 13.0. The lowest BCUT2D eigenvalue weighted by Crippen LogP contribution is -2.17. The SMILES string of the molecule is CC(C)(C)c1cc(C=Nc2ccccc2Cc2ccccc2)c(O)c(C(C)(C)C)c1. The molecule has 0 spiro atoms. The first-order valence-electron chi connectivity index (χ1n) is 10.6. The molecule has 3 rings (SSSR count). The molecule has 0 saturated carbocycles. The zero-order chi connectivity index (χ0) is 21.9. The quantitative estimate of drug-likeness (QED) is 0.458. The van der Waals surface area contributed by atoms with E-state index in [1.54, 1.807) is 0 Å². The van der Waals surface area contributed by atoms with Crippen LogP contribution in [0.4, 0.5) is 5.69 Å². The van der Waals surface area contributed by atoms with Gasteiger partial charge in [-0.1, -0.05) is 96.1 Å². The predicted molar refractivity (Wildman–Crippen MR) is 128 cm³/mol. The lowest BCUT2D eigenvalue weighted by atomic mass is 9.79. The van der Waals surface area contributed by atoms with Crippen molar-refractivity contribution >= 4 is 11.9 Å². The average Bonchev–Trinajstić information content (AvgIpc) is 2.67. The lowest BCUT2D eigenvalue weighted by molar-refractivity contribution is 0.444. The standard InChI is InChI=1S/C28H33NO/c1-27(2,3)23-17-22(26(30)24(18-23)28(4,5)6)19-29-25-15-11-10-14-21(25)16-20-12-8-7-9-13-20/h7-15,17-19,30H,16H2,1-6H3. The maximum Gasteiger partial charge on any atom is 0.128 e. The zero-order valence-electron chi connectivity index (χ0n) is 19.0. The van der Waals surface area contributed by atoms with Crippen LogP contribution in [0.25, 0.3) is 0 Å². The Kier molecular flexibility index (Phi) is 6.17. The van der Waals surface area contributed by atoms with Gasteiger partial charge in [-0.3, -0.25) is 4.99 Å². The smallest absolute Gasteiger partial charge is 0.128 e. The third-order valence-corrected chi connectivity index (χ3v) is 5.39. The Morgan fingerprint density at radius 3 is 2.07 bits per heavy atom. The number of aromatic hydroxyl groups is 1. The first-order valence-corrected chi connectivity index (χ1v) is 10.6. The third-order valence-electron chi connectivity index (χ3n) is 5.39. The monoisotopic (exact) mass is 399 g/mol. The molecular weight excluding hydrogens is 366 g/mol. The first kappa shape index (κ1) is 21.8. The second-order valence-electron chi connectivity index (χ2n) is 10.0. The van der Waals surface area contributed by atoms with Crippen molar-refractivity contribution in [3.8, 4) is 5.75 Å². The van der Waals surface area contributed by atoms with E-state index in [9.17, 15) is 5.11 Å². The van der Waals surface area contributed by atoms with E-state index < -0.39 is 0 Å². The van der Waals surface area contributed by atoms with Crippen LogP contribution < -0.4 is 0 Å². The number of rotatable bonds is 4. The second-order valence-corrected chi connectivity index (χ2v) is 10.0. The Balaban J connectivity index is 2.03. The van der Waals surface area contributed by atoms with Gasteiger partial charge in [-0.25, -0.2) is 0 Å². The molecule has 3 aromatic rings. The van der Waals surface area contributed by atoms with E-state index in [-0.39, 0.29) is 10.8 Å². The van der Waals surface area contributed by atoms with E-state index in [2.05, 4.69) is 84.0 Å². The Morgan fingerprint density at radius 2 is 1.43 bits per heavy atom. The number of aliphatic imine (C=N–C) groups is 1. The number of hydrogen-bond acceptors (Lipinski definition) is 2. The fourth-order valence-corrected chi connectivity index (χ4v) is 3.50. The van der Waals surface area contributed by atoms with Gasteiger partial charge in [0.15, 0.2) is 0 Å². The van der Waals surface area contributed by atoms with Gasteiger partial charge >= 0.3 is 0 Å². The van der Waals surface area contributed by atoms with Crippen molar-refractivity contribution < 1.29 is 5.11 Å². The number of nitrogens with zero attached hydrogens (tertiary/aromatic N) is 1. The van der Waals surface area contributed by atoms with Gasteiger partial charge in [0.1, 0.15) is 5.75 Å². The summed E-state index contributed by atoms with van der Waals surface area (Å²) in [5.41, 5.74) is 6.11. The van der Waals surface area contributed by atoms with Gasteiger partial charge in [-0.2, -0.15) is 0 Å². The van der Waals surface area contributed by atoms with Crippen molar-refractivity contribution in [1.82, 2.24) is 0 Å². The molecule has 0 aliphatic rings. The summed E-state index contributed by atoms with van der Waals surface area (Å²) >= 11 is 0. The van der Waals surface area contributed by atoms with Gasteiger partial charge < -0.3 is 5.11 Å². The second kappa shape index (κ2) is 8.47.